The van der Waals surface area contributed by atoms with E-state index in [-0.39, 0.29) is 17.8 Å². The second-order valence-corrected chi connectivity index (χ2v) is 9.61. The maximum atomic E-state index is 14.0. The van der Waals surface area contributed by atoms with E-state index in [1.807, 2.05) is 11.9 Å². The van der Waals surface area contributed by atoms with E-state index in [4.69, 9.17) is 0 Å². The number of hydrogen-bond acceptors (Lipinski definition) is 5. The maximum absolute atomic E-state index is 14.0. The van der Waals surface area contributed by atoms with Crippen molar-refractivity contribution >= 4 is 17.2 Å². The summed E-state index contributed by atoms with van der Waals surface area (Å²) < 4.78 is 43.5. The van der Waals surface area contributed by atoms with Crippen LogP contribution >= 0.6 is 0 Å². The Labute approximate surface area is 224 Å². The second-order valence-electron chi connectivity index (χ2n) is 9.61. The number of nitrogens with one attached hydrogen (secondary N) is 1. The molecule has 10 heteroatoms. The molecule has 7 nitrogen and oxygen atoms in total. The largest absolute Gasteiger partial charge is 0.416 e. The highest BCUT2D eigenvalue weighted by Crippen LogP contribution is 2.35. The van der Waals surface area contributed by atoms with E-state index in [2.05, 4.69) is 32.1 Å². The highest BCUT2D eigenvalue weighted by molar-refractivity contribution is 6.05. The number of aromatic nitrogens is 3. The second kappa shape index (κ2) is 10.9. The Bertz CT molecular complexity index is 1580. The first-order chi connectivity index (χ1) is 18.7. The Kier molecular flexibility index (Phi) is 7.37. The first kappa shape index (κ1) is 26.4. The number of nitrogens with zero attached hydrogens (tertiary/aromatic N) is 5. The summed E-state index contributed by atoms with van der Waals surface area (Å²) in [5.74, 6) is 5.58. The standard InChI is InChI=1S/C29H27F3N6O/c1-20-22(7-6-21-17-33-27-10-11-34-38(27)18-21)4-3-5-25(20)28(39)35-24-9-8-23(26(16-24)29(30,31)32)19-37-14-12-36(2)13-15-37/h3-5,8-11,16-18H,12-15,19H2,1-2H3,(H,35,39). The average Bonchev–Trinajstić information content (AvgIpc) is 3.37. The number of alkyl halides is 3. The summed E-state index contributed by atoms with van der Waals surface area (Å²) in [6.07, 6.45) is 0.501. The summed E-state index contributed by atoms with van der Waals surface area (Å²) in [7, 11) is 2.00. The molecule has 1 aliphatic heterocycles. The van der Waals surface area contributed by atoms with Crippen molar-refractivity contribution < 1.29 is 18.0 Å². The van der Waals surface area contributed by atoms with Gasteiger partial charge in [-0.3, -0.25) is 9.69 Å². The first-order valence-electron chi connectivity index (χ1n) is 12.5. The van der Waals surface area contributed by atoms with E-state index in [0.29, 0.717) is 41.0 Å². The van der Waals surface area contributed by atoms with E-state index >= 15 is 0 Å². The molecule has 1 N–H and O–H groups in total. The number of benzene rings is 2. The molecule has 200 valence electrons. The van der Waals surface area contributed by atoms with Gasteiger partial charge in [-0.25, -0.2) is 9.50 Å². The molecule has 3 heterocycles. The van der Waals surface area contributed by atoms with Gasteiger partial charge in [0.05, 0.1) is 17.3 Å². The summed E-state index contributed by atoms with van der Waals surface area (Å²) >= 11 is 0. The zero-order chi connectivity index (χ0) is 27.6. The van der Waals surface area contributed by atoms with E-state index in [1.165, 1.54) is 12.1 Å². The van der Waals surface area contributed by atoms with Gasteiger partial charge in [-0.1, -0.05) is 24.0 Å². The highest BCUT2D eigenvalue weighted by atomic mass is 19.4. The molecule has 0 spiro atoms. The molecule has 0 saturated carbocycles. The lowest BCUT2D eigenvalue weighted by molar-refractivity contribution is -0.138. The Morgan fingerprint density at radius 1 is 1.08 bits per heavy atom. The smallest absolute Gasteiger partial charge is 0.322 e. The Morgan fingerprint density at radius 3 is 2.64 bits per heavy atom. The summed E-state index contributed by atoms with van der Waals surface area (Å²) in [5, 5.41) is 6.78. The molecule has 2 aromatic carbocycles. The van der Waals surface area contributed by atoms with E-state index in [1.54, 1.807) is 54.3 Å². The Hall–Kier alpha value is -4.20. The minimum Gasteiger partial charge on any atom is -0.322 e. The third-order valence-electron chi connectivity index (χ3n) is 6.83. The number of hydrogen-bond donors (Lipinski definition) is 1. The lowest BCUT2D eigenvalue weighted by Gasteiger charge is -2.33. The van der Waals surface area contributed by atoms with Gasteiger partial charge in [0.25, 0.3) is 5.91 Å². The van der Waals surface area contributed by atoms with Crippen LogP contribution in [-0.4, -0.2) is 63.5 Å². The number of fused-ring (bicyclic) bond motifs is 1. The van der Waals surface area contributed by atoms with Crippen LogP contribution in [0.4, 0.5) is 18.9 Å². The van der Waals surface area contributed by atoms with Crippen molar-refractivity contribution in [1.82, 2.24) is 24.4 Å². The Balaban J connectivity index is 1.35. The summed E-state index contributed by atoms with van der Waals surface area (Å²) in [4.78, 5) is 21.5. The summed E-state index contributed by atoms with van der Waals surface area (Å²) in [5.41, 5.74) is 2.48. The van der Waals surface area contributed by atoms with Crippen LogP contribution in [0, 0.1) is 18.8 Å². The number of amides is 1. The van der Waals surface area contributed by atoms with Crippen LogP contribution in [0.5, 0.6) is 0 Å². The molecule has 0 unspecified atom stereocenters. The highest BCUT2D eigenvalue weighted by Gasteiger charge is 2.34. The number of halogens is 3. The zero-order valence-corrected chi connectivity index (χ0v) is 21.6. The van der Waals surface area contributed by atoms with Gasteiger partial charge >= 0.3 is 6.18 Å². The van der Waals surface area contributed by atoms with Crippen LogP contribution < -0.4 is 5.32 Å². The van der Waals surface area contributed by atoms with Gasteiger partial charge in [-0.2, -0.15) is 18.3 Å². The summed E-state index contributed by atoms with van der Waals surface area (Å²) in [6.45, 7) is 5.01. The van der Waals surface area contributed by atoms with Gasteiger partial charge in [0.1, 0.15) is 0 Å². The van der Waals surface area contributed by atoms with Crippen LogP contribution in [0.15, 0.2) is 61.1 Å². The van der Waals surface area contributed by atoms with Crippen molar-refractivity contribution in [3.8, 4) is 11.8 Å². The SMILES string of the molecule is Cc1c(C#Cc2cnc3ccnn3c2)cccc1C(=O)Nc1ccc(CN2CCN(C)CC2)c(C(F)(F)F)c1. The number of rotatable bonds is 4. The number of piperazine rings is 1. The van der Waals surface area contributed by atoms with Gasteiger partial charge in [0, 0.05) is 68.0 Å². The number of carbonyl (C=O) groups is 1. The third kappa shape index (κ3) is 6.11. The predicted octanol–water partition coefficient (Wildman–Crippen LogP) is 4.46. The molecule has 1 saturated heterocycles. The molecular formula is C29H27F3N6O. The minimum absolute atomic E-state index is 0.0870. The van der Waals surface area contributed by atoms with Crippen LogP contribution in [-0.2, 0) is 12.7 Å². The van der Waals surface area contributed by atoms with E-state index in [9.17, 15) is 18.0 Å². The molecule has 2 aromatic heterocycles. The molecule has 4 aromatic rings. The zero-order valence-electron chi connectivity index (χ0n) is 21.6. The molecule has 1 aliphatic rings. The van der Waals surface area contributed by atoms with Crippen molar-refractivity contribution in [3.63, 3.8) is 0 Å². The normalized spacial score (nSPS) is 14.7. The monoisotopic (exact) mass is 532 g/mol. The molecule has 5 rings (SSSR count). The van der Waals surface area contributed by atoms with Crippen LogP contribution in [0.3, 0.4) is 0 Å². The van der Waals surface area contributed by atoms with Gasteiger partial charge in [0.15, 0.2) is 5.65 Å². The van der Waals surface area contributed by atoms with Crippen LogP contribution in [0.25, 0.3) is 5.65 Å². The maximum Gasteiger partial charge on any atom is 0.416 e. The van der Waals surface area contributed by atoms with Gasteiger partial charge in [0.2, 0.25) is 0 Å². The fourth-order valence-electron chi connectivity index (χ4n) is 4.53. The van der Waals surface area contributed by atoms with E-state index < -0.39 is 17.6 Å². The molecular weight excluding hydrogens is 505 g/mol. The average molecular weight is 533 g/mol. The van der Waals surface area contributed by atoms with Crippen LogP contribution in [0.2, 0.25) is 0 Å². The topological polar surface area (TPSA) is 65.8 Å². The van der Waals surface area contributed by atoms with Crippen molar-refractivity contribution in [2.24, 2.45) is 0 Å². The van der Waals surface area contributed by atoms with Crippen molar-refractivity contribution in [2.75, 3.05) is 38.5 Å². The lowest BCUT2D eigenvalue weighted by Crippen LogP contribution is -2.44. The fourth-order valence-corrected chi connectivity index (χ4v) is 4.53. The van der Waals surface area contributed by atoms with Gasteiger partial charge in [-0.05, 0) is 49.4 Å². The molecule has 0 radical (unpaired) electrons. The van der Waals surface area contributed by atoms with Crippen molar-refractivity contribution in [2.45, 2.75) is 19.6 Å². The lowest BCUT2D eigenvalue weighted by atomic mass is 10.0. The molecule has 0 aliphatic carbocycles. The third-order valence-corrected chi connectivity index (χ3v) is 6.83. The Morgan fingerprint density at radius 2 is 1.87 bits per heavy atom. The molecule has 39 heavy (non-hydrogen) atoms. The fraction of sp³-hybridized carbons (Fsp3) is 0.276. The van der Waals surface area contributed by atoms with E-state index in [0.717, 1.165) is 19.2 Å². The van der Waals surface area contributed by atoms with Crippen LogP contribution in [0.1, 0.15) is 38.2 Å². The molecule has 0 atom stereocenters. The number of likely N-dealkylation sites (N-methyl/N-ethyl adjacent to an activating group) is 1. The minimum atomic E-state index is -4.54. The molecule has 1 fully saturated rings. The van der Waals surface area contributed by atoms with Crippen molar-refractivity contribution in [3.05, 3.63) is 94.4 Å². The van der Waals surface area contributed by atoms with Gasteiger partial charge in [-0.15, -0.1) is 0 Å². The number of anilines is 1. The predicted molar refractivity (Wildman–Crippen MR) is 142 cm³/mol. The molecule has 1 amide bonds. The molecule has 0 bridgehead atoms. The summed E-state index contributed by atoms with van der Waals surface area (Å²) in [6, 6.07) is 10.9. The van der Waals surface area contributed by atoms with Crippen molar-refractivity contribution in [1.29, 1.82) is 0 Å². The quantitative estimate of drug-likeness (QED) is 0.394. The van der Waals surface area contributed by atoms with Gasteiger partial charge < -0.3 is 10.2 Å². The first-order valence-corrected chi connectivity index (χ1v) is 12.5. The number of carbonyl (C=O) groups excluding carboxylic acids is 1.